The van der Waals surface area contributed by atoms with Crippen LogP contribution in [0.4, 0.5) is 0 Å². The lowest BCUT2D eigenvalue weighted by molar-refractivity contribution is -0.145. The van der Waals surface area contributed by atoms with Crippen molar-refractivity contribution in [2.24, 2.45) is 0 Å². The molecule has 0 radical (unpaired) electrons. The van der Waals surface area contributed by atoms with E-state index in [0.29, 0.717) is 30.0 Å². The number of pyridine rings is 1. The molecule has 2 atom stereocenters. The second-order valence-electron chi connectivity index (χ2n) is 9.34. The maximum absolute atomic E-state index is 13.5. The van der Waals surface area contributed by atoms with Gasteiger partial charge in [-0.2, -0.15) is 0 Å². The number of carbonyl (C=O) groups excluding carboxylic acids is 2. The molecule has 15 heteroatoms. The second-order valence-corrected chi connectivity index (χ2v) is 11.1. The summed E-state index contributed by atoms with van der Waals surface area (Å²) in [6, 6.07) is 11.7. The molecule has 4 heterocycles. The Bertz CT molecular complexity index is 1600. The summed E-state index contributed by atoms with van der Waals surface area (Å²) in [5, 5.41) is 19.1. The number of benzene rings is 1. The zero-order chi connectivity index (χ0) is 28.1. The van der Waals surface area contributed by atoms with Gasteiger partial charge in [0.15, 0.2) is 0 Å². The van der Waals surface area contributed by atoms with Gasteiger partial charge in [0.2, 0.25) is 15.9 Å². The summed E-state index contributed by atoms with van der Waals surface area (Å²) in [6.45, 7) is 0.647. The van der Waals surface area contributed by atoms with E-state index in [9.17, 15) is 18.0 Å². The summed E-state index contributed by atoms with van der Waals surface area (Å²) in [6.07, 6.45) is 3.14. The Hall–Kier alpha value is -4.50. The van der Waals surface area contributed by atoms with Crippen molar-refractivity contribution >= 4 is 21.9 Å². The average molecular weight is 566 g/mol. The predicted octanol–water partition coefficient (Wildman–Crippen LogP) is -0.394. The fourth-order valence-corrected chi connectivity index (χ4v) is 5.66. The topological polar surface area (TPSA) is 176 Å². The van der Waals surface area contributed by atoms with Crippen LogP contribution in [-0.2, 0) is 56.0 Å². The van der Waals surface area contributed by atoms with Crippen molar-refractivity contribution < 1.29 is 22.7 Å². The number of fused-ring (bicyclic) bond motifs is 6. The SMILES string of the molecule is COC(=O)[C@@H]1Cc2cn(nn2)Cc2cccc(n2)Cn2cc(nn2)C[C@@H](NS(=O)(=O)Cc2ccccc2)C(=O)N1. The van der Waals surface area contributed by atoms with Gasteiger partial charge in [-0.25, -0.2) is 27.3 Å². The van der Waals surface area contributed by atoms with E-state index in [0.717, 1.165) is 11.4 Å². The molecule has 1 aliphatic rings. The van der Waals surface area contributed by atoms with Crippen LogP contribution in [0.15, 0.2) is 60.9 Å². The van der Waals surface area contributed by atoms with Crippen molar-refractivity contribution in [2.75, 3.05) is 7.11 Å². The van der Waals surface area contributed by atoms with E-state index in [1.807, 2.05) is 18.2 Å². The number of sulfonamides is 1. The van der Waals surface area contributed by atoms with Gasteiger partial charge in [-0.05, 0) is 17.7 Å². The van der Waals surface area contributed by atoms with Crippen molar-refractivity contribution in [1.29, 1.82) is 0 Å². The lowest BCUT2D eigenvalue weighted by atomic mass is 10.1. The predicted molar refractivity (Wildman–Crippen MR) is 140 cm³/mol. The number of hydrogen-bond donors (Lipinski definition) is 2. The molecule has 208 valence electrons. The molecule has 0 fully saturated rings. The molecule has 0 saturated heterocycles. The normalized spacial score (nSPS) is 18.0. The fraction of sp³-hybridized carbons (Fsp3) is 0.320. The number of carbonyl (C=O) groups is 2. The first-order valence-corrected chi connectivity index (χ1v) is 14.1. The molecule has 3 aromatic heterocycles. The van der Waals surface area contributed by atoms with Crippen molar-refractivity contribution in [1.82, 2.24) is 45.0 Å². The lowest BCUT2D eigenvalue weighted by Crippen LogP contribution is -2.53. The van der Waals surface area contributed by atoms with E-state index in [4.69, 9.17) is 4.74 Å². The Balaban J connectivity index is 1.48. The molecular formula is C25H27N9O5S. The van der Waals surface area contributed by atoms with Gasteiger partial charge in [-0.15, -0.1) is 10.2 Å². The van der Waals surface area contributed by atoms with Crippen LogP contribution in [-0.4, -0.2) is 74.5 Å². The van der Waals surface area contributed by atoms with E-state index in [1.165, 1.54) is 7.11 Å². The molecule has 1 amide bonds. The molecule has 2 N–H and O–H groups in total. The zero-order valence-electron chi connectivity index (χ0n) is 21.5. The molecule has 1 aromatic carbocycles. The summed E-state index contributed by atoms with van der Waals surface area (Å²) >= 11 is 0. The summed E-state index contributed by atoms with van der Waals surface area (Å²) in [5.74, 6) is -1.78. The molecule has 0 aliphatic carbocycles. The smallest absolute Gasteiger partial charge is 0.328 e. The van der Waals surface area contributed by atoms with Crippen molar-refractivity contribution in [3.05, 3.63) is 89.3 Å². The van der Waals surface area contributed by atoms with E-state index in [1.54, 1.807) is 52.1 Å². The molecule has 1 aliphatic heterocycles. The highest BCUT2D eigenvalue weighted by Gasteiger charge is 2.31. The molecule has 40 heavy (non-hydrogen) atoms. The standard InChI is InChI=1S/C25H27N9O5S/c1-39-25(36)23-11-21-15-34(32-29-21)13-19-9-5-8-18(26-19)12-33-14-20(28-31-33)10-22(24(35)27-23)30-40(37,38)16-17-6-3-2-4-7-17/h2-9,14-15,22-23,30H,10-13,16H2,1H3,(H,27,35)/t22-,23+/m1/s1. The van der Waals surface area contributed by atoms with Gasteiger partial charge in [0.05, 0.1) is 48.7 Å². The summed E-state index contributed by atoms with van der Waals surface area (Å²) in [4.78, 5) is 30.7. The Morgan fingerprint density at radius 2 is 1.57 bits per heavy atom. The minimum atomic E-state index is -3.97. The Morgan fingerprint density at radius 3 is 2.20 bits per heavy atom. The van der Waals surface area contributed by atoms with Crippen LogP contribution in [0.1, 0.15) is 28.3 Å². The highest BCUT2D eigenvalue weighted by atomic mass is 32.2. The van der Waals surface area contributed by atoms with Crippen LogP contribution >= 0.6 is 0 Å². The third kappa shape index (κ3) is 6.92. The molecule has 0 saturated carbocycles. The molecule has 4 aromatic rings. The largest absolute Gasteiger partial charge is 0.467 e. The van der Waals surface area contributed by atoms with Crippen LogP contribution in [0.5, 0.6) is 0 Å². The molecule has 14 nitrogen and oxygen atoms in total. The molecular weight excluding hydrogens is 538 g/mol. The number of rotatable bonds is 5. The van der Waals surface area contributed by atoms with Gasteiger partial charge < -0.3 is 10.1 Å². The highest BCUT2D eigenvalue weighted by Crippen LogP contribution is 2.11. The number of ether oxygens (including phenoxy) is 1. The third-order valence-electron chi connectivity index (χ3n) is 6.15. The number of methoxy groups -OCH3 is 1. The fourth-order valence-electron chi connectivity index (χ4n) is 4.32. The number of hydrogen-bond acceptors (Lipinski definition) is 10. The first-order valence-electron chi connectivity index (χ1n) is 12.4. The van der Waals surface area contributed by atoms with Gasteiger partial charge in [0.25, 0.3) is 0 Å². The number of amides is 1. The van der Waals surface area contributed by atoms with Crippen LogP contribution in [0, 0.1) is 0 Å². The van der Waals surface area contributed by atoms with E-state index in [2.05, 4.69) is 35.6 Å². The monoisotopic (exact) mass is 565 g/mol. The van der Waals surface area contributed by atoms with E-state index in [-0.39, 0.29) is 18.6 Å². The van der Waals surface area contributed by atoms with E-state index < -0.39 is 34.0 Å². The molecule has 5 rings (SSSR count). The van der Waals surface area contributed by atoms with E-state index >= 15 is 0 Å². The maximum atomic E-state index is 13.5. The van der Waals surface area contributed by atoms with Gasteiger partial charge in [0.1, 0.15) is 12.1 Å². The minimum absolute atomic E-state index is 0.0223. The number of esters is 1. The van der Waals surface area contributed by atoms with Crippen LogP contribution in [0.25, 0.3) is 0 Å². The van der Waals surface area contributed by atoms with Crippen molar-refractivity contribution in [3.63, 3.8) is 0 Å². The maximum Gasteiger partial charge on any atom is 0.328 e. The highest BCUT2D eigenvalue weighted by molar-refractivity contribution is 7.88. The lowest BCUT2D eigenvalue weighted by Gasteiger charge is -2.21. The summed E-state index contributed by atoms with van der Waals surface area (Å²) in [5.41, 5.74) is 2.82. The average Bonchev–Trinajstić information content (AvgIpc) is 3.56. The third-order valence-corrected chi connectivity index (χ3v) is 7.51. The van der Waals surface area contributed by atoms with Crippen LogP contribution < -0.4 is 10.0 Å². The van der Waals surface area contributed by atoms with Gasteiger partial charge in [0, 0.05) is 25.2 Å². The summed E-state index contributed by atoms with van der Waals surface area (Å²) in [7, 11) is -2.77. The molecule has 6 bridgehead atoms. The number of aromatic nitrogens is 7. The van der Waals surface area contributed by atoms with Gasteiger partial charge in [-0.3, -0.25) is 9.78 Å². The van der Waals surface area contributed by atoms with Gasteiger partial charge >= 0.3 is 5.97 Å². The Kier molecular flexibility index (Phi) is 7.93. The second kappa shape index (κ2) is 11.7. The van der Waals surface area contributed by atoms with Crippen molar-refractivity contribution in [3.8, 4) is 0 Å². The Morgan fingerprint density at radius 1 is 0.950 bits per heavy atom. The van der Waals surface area contributed by atoms with Crippen LogP contribution in [0.2, 0.25) is 0 Å². The van der Waals surface area contributed by atoms with Gasteiger partial charge in [-0.1, -0.05) is 46.8 Å². The number of nitrogens with zero attached hydrogens (tertiary/aromatic N) is 7. The summed E-state index contributed by atoms with van der Waals surface area (Å²) < 4.78 is 36.6. The Labute approximate surface area is 229 Å². The number of nitrogens with one attached hydrogen (secondary N) is 2. The van der Waals surface area contributed by atoms with Crippen molar-refractivity contribution in [2.45, 2.75) is 43.8 Å². The van der Waals surface area contributed by atoms with Crippen LogP contribution in [0.3, 0.4) is 0 Å². The first-order chi connectivity index (χ1) is 19.3. The first kappa shape index (κ1) is 27.1. The quantitative estimate of drug-likeness (QED) is 0.303. The molecule has 0 unspecified atom stereocenters. The molecule has 0 spiro atoms. The minimum Gasteiger partial charge on any atom is -0.467 e. The zero-order valence-corrected chi connectivity index (χ0v) is 22.4.